The fourth-order valence-electron chi connectivity index (χ4n) is 6.61. The van der Waals surface area contributed by atoms with Crippen molar-refractivity contribution < 1.29 is 14.2 Å². The van der Waals surface area contributed by atoms with Gasteiger partial charge < -0.3 is 19.1 Å². The lowest BCUT2D eigenvalue weighted by molar-refractivity contribution is -0.232. The second-order valence-corrected chi connectivity index (χ2v) is 9.42. The molecule has 6 nitrogen and oxygen atoms in total. The Kier molecular flexibility index (Phi) is 4.78. The Hall–Kier alpha value is -2.02. The average Bonchev–Trinajstić information content (AvgIpc) is 3.32. The standard InChI is InChI=1S/C25H31N3O3/c1-18-21-8-7-19-17-26-23(28-11-13-29-14-12-28)27-22(19)24(21,20-5-3-2-4-6-20)9-10-25(18)30-15-16-31-25/h2-6,17-18,21H,7-16H2,1H3/t18-,21-,24+/m0/s1. The molecular formula is C25H31N3O3. The molecule has 3 atom stereocenters. The predicted octanol–water partition coefficient (Wildman–Crippen LogP) is 3.33. The molecule has 0 radical (unpaired) electrons. The second kappa shape index (κ2) is 7.54. The van der Waals surface area contributed by atoms with Gasteiger partial charge in [-0.3, -0.25) is 0 Å². The molecule has 3 heterocycles. The maximum Gasteiger partial charge on any atom is 0.225 e. The van der Waals surface area contributed by atoms with Gasteiger partial charge in [-0.25, -0.2) is 9.97 Å². The van der Waals surface area contributed by atoms with Crippen LogP contribution >= 0.6 is 0 Å². The summed E-state index contributed by atoms with van der Waals surface area (Å²) in [5, 5.41) is 0. The Labute approximate surface area is 183 Å². The molecule has 6 heteroatoms. The summed E-state index contributed by atoms with van der Waals surface area (Å²) in [6.07, 6.45) is 6.09. The van der Waals surface area contributed by atoms with Crippen LogP contribution in [0.25, 0.3) is 0 Å². The van der Waals surface area contributed by atoms with E-state index in [9.17, 15) is 0 Å². The minimum absolute atomic E-state index is 0.126. The van der Waals surface area contributed by atoms with Gasteiger partial charge in [0, 0.05) is 37.0 Å². The van der Waals surface area contributed by atoms with Gasteiger partial charge in [0.05, 0.1) is 32.1 Å². The van der Waals surface area contributed by atoms with Crippen molar-refractivity contribution in [1.29, 1.82) is 0 Å². The van der Waals surface area contributed by atoms with Crippen LogP contribution in [0, 0.1) is 11.8 Å². The largest absolute Gasteiger partial charge is 0.378 e. The first-order valence-electron chi connectivity index (χ1n) is 11.8. The first-order valence-corrected chi connectivity index (χ1v) is 11.8. The van der Waals surface area contributed by atoms with Crippen molar-refractivity contribution in [1.82, 2.24) is 9.97 Å². The molecule has 0 N–H and O–H groups in total. The van der Waals surface area contributed by atoms with Crippen molar-refractivity contribution in [2.45, 2.75) is 43.8 Å². The molecule has 2 aliphatic carbocycles. The maximum atomic E-state index is 6.25. The number of morpholine rings is 1. The van der Waals surface area contributed by atoms with Gasteiger partial charge in [0.25, 0.3) is 0 Å². The molecule has 4 aliphatic rings. The van der Waals surface area contributed by atoms with E-state index in [0.717, 1.165) is 57.9 Å². The number of aryl methyl sites for hydroxylation is 1. The number of fused-ring (bicyclic) bond motifs is 3. The predicted molar refractivity (Wildman–Crippen MR) is 117 cm³/mol. The van der Waals surface area contributed by atoms with Crippen LogP contribution in [0.2, 0.25) is 0 Å². The fourth-order valence-corrected chi connectivity index (χ4v) is 6.61. The summed E-state index contributed by atoms with van der Waals surface area (Å²) in [5.74, 6) is 1.14. The number of hydrogen-bond donors (Lipinski definition) is 0. The van der Waals surface area contributed by atoms with Gasteiger partial charge in [0.15, 0.2) is 5.79 Å². The van der Waals surface area contributed by atoms with Crippen molar-refractivity contribution in [2.24, 2.45) is 11.8 Å². The highest BCUT2D eigenvalue weighted by Crippen LogP contribution is 2.59. The maximum absolute atomic E-state index is 6.25. The van der Waals surface area contributed by atoms with Crippen molar-refractivity contribution >= 4 is 5.95 Å². The fraction of sp³-hybridized carbons (Fsp3) is 0.600. The van der Waals surface area contributed by atoms with E-state index in [0.29, 0.717) is 25.0 Å². The van der Waals surface area contributed by atoms with E-state index >= 15 is 0 Å². The highest BCUT2D eigenvalue weighted by Gasteiger charge is 2.60. The molecular weight excluding hydrogens is 390 g/mol. The Morgan fingerprint density at radius 1 is 1.00 bits per heavy atom. The lowest BCUT2D eigenvalue weighted by Crippen LogP contribution is -2.57. The van der Waals surface area contributed by atoms with E-state index in [1.165, 1.54) is 16.8 Å². The molecule has 2 aromatic rings. The molecule has 2 saturated heterocycles. The lowest BCUT2D eigenvalue weighted by atomic mass is 9.52. The molecule has 6 rings (SSSR count). The minimum Gasteiger partial charge on any atom is -0.378 e. The topological polar surface area (TPSA) is 56.7 Å². The van der Waals surface area contributed by atoms with Crippen molar-refractivity contribution in [3.05, 3.63) is 53.3 Å². The molecule has 1 aromatic carbocycles. The molecule has 1 aromatic heterocycles. The summed E-state index contributed by atoms with van der Waals surface area (Å²) < 4.78 is 18.1. The van der Waals surface area contributed by atoms with Gasteiger partial charge in [0.1, 0.15) is 0 Å². The van der Waals surface area contributed by atoms with Crippen molar-refractivity contribution in [2.75, 3.05) is 44.4 Å². The molecule has 31 heavy (non-hydrogen) atoms. The Morgan fingerprint density at radius 2 is 1.77 bits per heavy atom. The van der Waals surface area contributed by atoms with Gasteiger partial charge in [0.2, 0.25) is 5.95 Å². The summed E-state index contributed by atoms with van der Waals surface area (Å²) in [6, 6.07) is 11.0. The van der Waals surface area contributed by atoms with Gasteiger partial charge in [-0.15, -0.1) is 0 Å². The minimum atomic E-state index is -0.430. The van der Waals surface area contributed by atoms with Crippen LogP contribution in [0.5, 0.6) is 0 Å². The number of aromatic nitrogens is 2. The number of hydrogen-bond acceptors (Lipinski definition) is 6. The summed E-state index contributed by atoms with van der Waals surface area (Å²) in [5.41, 5.74) is 3.77. The van der Waals surface area contributed by atoms with Crippen molar-refractivity contribution in [3.8, 4) is 0 Å². The van der Waals surface area contributed by atoms with Gasteiger partial charge >= 0.3 is 0 Å². The van der Waals surface area contributed by atoms with Crippen LogP contribution in [-0.2, 0) is 26.0 Å². The quantitative estimate of drug-likeness (QED) is 0.741. The van der Waals surface area contributed by atoms with Crippen LogP contribution in [0.15, 0.2) is 36.5 Å². The summed E-state index contributed by atoms with van der Waals surface area (Å²) in [4.78, 5) is 12.3. The monoisotopic (exact) mass is 421 g/mol. The molecule has 1 saturated carbocycles. The number of anilines is 1. The average molecular weight is 422 g/mol. The van der Waals surface area contributed by atoms with Gasteiger partial charge in [-0.05, 0) is 36.3 Å². The highest BCUT2D eigenvalue weighted by molar-refractivity contribution is 5.47. The van der Waals surface area contributed by atoms with Crippen LogP contribution in [-0.4, -0.2) is 55.3 Å². The molecule has 3 fully saturated rings. The van der Waals surface area contributed by atoms with Gasteiger partial charge in [-0.1, -0.05) is 37.3 Å². The zero-order valence-corrected chi connectivity index (χ0v) is 18.3. The first-order chi connectivity index (χ1) is 15.2. The van der Waals surface area contributed by atoms with E-state index in [1.807, 2.05) is 0 Å². The van der Waals surface area contributed by atoms with Crippen LogP contribution in [0.4, 0.5) is 5.95 Å². The normalized spacial score (nSPS) is 32.0. The molecule has 164 valence electrons. The third-order valence-corrected chi connectivity index (χ3v) is 8.16. The van der Waals surface area contributed by atoms with Crippen LogP contribution in [0.1, 0.15) is 43.0 Å². The SMILES string of the molecule is C[C@H]1[C@@H]2CCc3cnc(N4CCOCC4)nc3[C@@]2(c2ccccc2)CCC12OCCO2. The number of benzene rings is 1. The summed E-state index contributed by atoms with van der Waals surface area (Å²) in [6.45, 7) is 6.92. The molecule has 0 unspecified atom stereocenters. The zero-order valence-electron chi connectivity index (χ0n) is 18.3. The third kappa shape index (κ3) is 2.95. The zero-order chi connectivity index (χ0) is 20.9. The Balaban J connectivity index is 1.49. The van der Waals surface area contributed by atoms with Crippen LogP contribution < -0.4 is 4.90 Å². The molecule has 2 aliphatic heterocycles. The Morgan fingerprint density at radius 3 is 2.55 bits per heavy atom. The van der Waals surface area contributed by atoms with Crippen LogP contribution in [0.3, 0.4) is 0 Å². The number of rotatable bonds is 2. The Bertz CT molecular complexity index is 940. The first kappa shape index (κ1) is 19.6. The highest BCUT2D eigenvalue weighted by atomic mass is 16.7. The van der Waals surface area contributed by atoms with E-state index < -0.39 is 5.79 Å². The molecule has 0 amide bonds. The number of ether oxygens (including phenoxy) is 3. The molecule has 0 bridgehead atoms. The van der Waals surface area contributed by atoms with E-state index in [2.05, 4.69) is 48.4 Å². The van der Waals surface area contributed by atoms with Gasteiger partial charge in [-0.2, -0.15) is 0 Å². The summed E-state index contributed by atoms with van der Waals surface area (Å²) >= 11 is 0. The molecule has 1 spiro atoms. The second-order valence-electron chi connectivity index (χ2n) is 9.42. The number of nitrogens with zero attached hydrogens (tertiary/aromatic N) is 3. The summed E-state index contributed by atoms with van der Waals surface area (Å²) in [7, 11) is 0. The van der Waals surface area contributed by atoms with E-state index in [1.54, 1.807) is 0 Å². The third-order valence-electron chi connectivity index (χ3n) is 8.16. The van der Waals surface area contributed by atoms with E-state index in [-0.39, 0.29) is 5.41 Å². The smallest absolute Gasteiger partial charge is 0.225 e. The van der Waals surface area contributed by atoms with Crippen molar-refractivity contribution in [3.63, 3.8) is 0 Å². The van der Waals surface area contributed by atoms with E-state index in [4.69, 9.17) is 24.2 Å². The lowest BCUT2D eigenvalue weighted by Gasteiger charge is -2.55.